The second-order valence-electron chi connectivity index (χ2n) is 3.70. The molecule has 0 spiro atoms. The molecule has 0 radical (unpaired) electrons. The fourth-order valence-corrected chi connectivity index (χ4v) is 1.07. The molecule has 0 aliphatic heterocycles. The summed E-state index contributed by atoms with van der Waals surface area (Å²) in [4.78, 5) is 0. The third-order valence-corrected chi connectivity index (χ3v) is 2.18. The van der Waals surface area contributed by atoms with Gasteiger partial charge in [-0.1, -0.05) is 6.92 Å². The highest BCUT2D eigenvalue weighted by atomic mass is 19.4. The summed E-state index contributed by atoms with van der Waals surface area (Å²) in [6.07, 6.45) is -7.36. The monoisotopic (exact) mass is 240 g/mol. The molecule has 0 amide bonds. The van der Waals surface area contributed by atoms with E-state index in [0.29, 0.717) is 6.92 Å². The Morgan fingerprint density at radius 2 is 1.13 bits per heavy atom. The van der Waals surface area contributed by atoms with Crippen molar-refractivity contribution in [2.45, 2.75) is 50.6 Å². The van der Waals surface area contributed by atoms with E-state index in [0.717, 1.165) is 0 Å². The maximum atomic E-state index is 13.2. The van der Waals surface area contributed by atoms with Crippen LogP contribution in [0.25, 0.3) is 0 Å². The Labute approximate surface area is 82.5 Å². The standard InChI is InChI=1S/C8H11F7/c1-4-6(10,8(13,14)15)7(11,12)5(2,3)9/h4H2,1-3H3. The molecule has 0 aliphatic rings. The molecule has 15 heavy (non-hydrogen) atoms. The first-order valence-electron chi connectivity index (χ1n) is 4.13. The quantitative estimate of drug-likeness (QED) is 0.653. The van der Waals surface area contributed by atoms with Gasteiger partial charge in [-0.15, -0.1) is 0 Å². The van der Waals surface area contributed by atoms with Crippen LogP contribution in [0.2, 0.25) is 0 Å². The molecule has 1 atom stereocenters. The predicted molar refractivity (Wildman–Crippen MR) is 40.3 cm³/mol. The highest BCUT2D eigenvalue weighted by Crippen LogP contribution is 2.52. The highest BCUT2D eigenvalue weighted by molar-refractivity contribution is 5.06. The van der Waals surface area contributed by atoms with Crippen molar-refractivity contribution >= 4 is 0 Å². The number of halogens is 7. The summed E-state index contributed by atoms with van der Waals surface area (Å²) in [6, 6.07) is 0. The van der Waals surface area contributed by atoms with Crippen molar-refractivity contribution in [2.24, 2.45) is 0 Å². The van der Waals surface area contributed by atoms with Gasteiger partial charge in [-0.3, -0.25) is 0 Å². The molecule has 0 aliphatic carbocycles. The lowest BCUT2D eigenvalue weighted by atomic mass is 9.84. The molecule has 0 heterocycles. The number of rotatable bonds is 3. The lowest BCUT2D eigenvalue weighted by molar-refractivity contribution is -0.328. The van der Waals surface area contributed by atoms with Crippen LogP contribution in [-0.4, -0.2) is 23.4 Å². The van der Waals surface area contributed by atoms with E-state index >= 15 is 0 Å². The maximum absolute atomic E-state index is 13.2. The molecule has 7 heteroatoms. The van der Waals surface area contributed by atoms with Gasteiger partial charge in [0, 0.05) is 0 Å². The van der Waals surface area contributed by atoms with Crippen molar-refractivity contribution in [1.82, 2.24) is 0 Å². The predicted octanol–water partition coefficient (Wildman–Crippen LogP) is 4.05. The second-order valence-corrected chi connectivity index (χ2v) is 3.70. The fraction of sp³-hybridized carbons (Fsp3) is 1.00. The fourth-order valence-electron chi connectivity index (χ4n) is 1.07. The molecule has 0 saturated carbocycles. The molecule has 0 bridgehead atoms. The summed E-state index contributed by atoms with van der Waals surface area (Å²) in [5.41, 5.74) is -8.44. The molecule has 92 valence electrons. The van der Waals surface area contributed by atoms with E-state index in [1.165, 1.54) is 0 Å². The summed E-state index contributed by atoms with van der Waals surface area (Å²) < 4.78 is 88.4. The van der Waals surface area contributed by atoms with Crippen molar-refractivity contribution in [1.29, 1.82) is 0 Å². The van der Waals surface area contributed by atoms with Gasteiger partial charge in [-0.2, -0.15) is 22.0 Å². The Morgan fingerprint density at radius 3 is 1.20 bits per heavy atom. The minimum atomic E-state index is -5.81. The molecule has 0 aromatic carbocycles. The van der Waals surface area contributed by atoms with Gasteiger partial charge in [0.15, 0.2) is 5.67 Å². The molecular formula is C8H11F7. The van der Waals surface area contributed by atoms with Crippen molar-refractivity contribution in [3.05, 3.63) is 0 Å². The van der Waals surface area contributed by atoms with Gasteiger partial charge in [-0.25, -0.2) is 8.78 Å². The molecule has 0 aromatic rings. The summed E-state index contributed by atoms with van der Waals surface area (Å²) in [5.74, 6) is -5.13. The van der Waals surface area contributed by atoms with Crippen LogP contribution in [-0.2, 0) is 0 Å². The average molecular weight is 240 g/mol. The lowest BCUT2D eigenvalue weighted by Crippen LogP contribution is -2.62. The van der Waals surface area contributed by atoms with E-state index in [4.69, 9.17) is 0 Å². The minimum Gasteiger partial charge on any atom is -0.238 e. The van der Waals surface area contributed by atoms with Crippen LogP contribution in [0, 0.1) is 0 Å². The Kier molecular flexibility index (Phi) is 3.40. The van der Waals surface area contributed by atoms with Crippen molar-refractivity contribution in [3.8, 4) is 0 Å². The largest absolute Gasteiger partial charge is 0.428 e. The third-order valence-electron chi connectivity index (χ3n) is 2.18. The average Bonchev–Trinajstić information content (AvgIpc) is 1.98. The number of hydrogen-bond acceptors (Lipinski definition) is 0. The first kappa shape index (κ1) is 14.5. The smallest absolute Gasteiger partial charge is 0.238 e. The maximum Gasteiger partial charge on any atom is 0.428 e. The minimum absolute atomic E-state index is 0.211. The van der Waals surface area contributed by atoms with Gasteiger partial charge in [0.05, 0.1) is 0 Å². The zero-order valence-electron chi connectivity index (χ0n) is 8.35. The summed E-state index contributed by atoms with van der Waals surface area (Å²) in [6.45, 7) is 1.01. The van der Waals surface area contributed by atoms with Crippen LogP contribution in [0.15, 0.2) is 0 Å². The molecule has 1 unspecified atom stereocenters. The molecule has 0 aromatic heterocycles. The van der Waals surface area contributed by atoms with Crippen LogP contribution >= 0.6 is 0 Å². The first-order valence-corrected chi connectivity index (χ1v) is 4.13. The van der Waals surface area contributed by atoms with Crippen molar-refractivity contribution in [3.63, 3.8) is 0 Å². The lowest BCUT2D eigenvalue weighted by Gasteiger charge is -2.39. The van der Waals surface area contributed by atoms with Crippen LogP contribution in [0.3, 0.4) is 0 Å². The van der Waals surface area contributed by atoms with Gasteiger partial charge >= 0.3 is 12.1 Å². The zero-order chi connectivity index (χ0) is 12.7. The van der Waals surface area contributed by atoms with E-state index in [1.807, 2.05) is 0 Å². The first-order chi connectivity index (χ1) is 6.31. The highest BCUT2D eigenvalue weighted by Gasteiger charge is 2.75. The van der Waals surface area contributed by atoms with Crippen LogP contribution in [0.5, 0.6) is 0 Å². The van der Waals surface area contributed by atoms with Crippen molar-refractivity contribution in [2.75, 3.05) is 0 Å². The zero-order valence-corrected chi connectivity index (χ0v) is 8.35. The molecular weight excluding hydrogens is 229 g/mol. The van der Waals surface area contributed by atoms with Gasteiger partial charge in [0.1, 0.15) is 0 Å². The number of alkyl halides is 7. The summed E-state index contributed by atoms with van der Waals surface area (Å²) in [7, 11) is 0. The Hall–Kier alpha value is -0.490. The molecule has 0 rings (SSSR count). The van der Waals surface area contributed by atoms with Crippen LogP contribution < -0.4 is 0 Å². The van der Waals surface area contributed by atoms with E-state index in [-0.39, 0.29) is 13.8 Å². The third kappa shape index (κ3) is 2.06. The van der Waals surface area contributed by atoms with Gasteiger partial charge < -0.3 is 0 Å². The topological polar surface area (TPSA) is 0 Å². The molecule has 0 fully saturated rings. The van der Waals surface area contributed by atoms with Gasteiger partial charge in [-0.05, 0) is 20.3 Å². The van der Waals surface area contributed by atoms with E-state index in [9.17, 15) is 30.7 Å². The van der Waals surface area contributed by atoms with E-state index < -0.39 is 29.9 Å². The van der Waals surface area contributed by atoms with Gasteiger partial charge in [0.25, 0.3) is 5.67 Å². The Bertz CT molecular complexity index is 224. The molecule has 0 N–H and O–H groups in total. The molecule has 0 nitrogen and oxygen atoms in total. The van der Waals surface area contributed by atoms with Crippen molar-refractivity contribution < 1.29 is 30.7 Å². The summed E-state index contributed by atoms with van der Waals surface area (Å²) in [5, 5.41) is 0. The normalized spacial score (nSPS) is 18.8. The molecule has 0 saturated heterocycles. The Morgan fingerprint density at radius 1 is 0.800 bits per heavy atom. The summed E-state index contributed by atoms with van der Waals surface area (Å²) >= 11 is 0. The van der Waals surface area contributed by atoms with E-state index in [2.05, 4.69) is 0 Å². The second kappa shape index (κ2) is 3.52. The van der Waals surface area contributed by atoms with Crippen LogP contribution in [0.1, 0.15) is 27.2 Å². The van der Waals surface area contributed by atoms with E-state index in [1.54, 1.807) is 0 Å². The SMILES string of the molecule is CCC(F)(C(F)(F)F)C(F)(F)C(C)(C)F. The number of hydrogen-bond donors (Lipinski definition) is 0. The van der Waals surface area contributed by atoms with Gasteiger partial charge in [0.2, 0.25) is 0 Å². The van der Waals surface area contributed by atoms with Crippen LogP contribution in [0.4, 0.5) is 30.7 Å². The Balaban J connectivity index is 5.50.